The summed E-state index contributed by atoms with van der Waals surface area (Å²) in [5, 5.41) is 2.90. The summed E-state index contributed by atoms with van der Waals surface area (Å²) < 4.78 is 28.9. The fourth-order valence-corrected chi connectivity index (χ4v) is 5.77. The van der Waals surface area contributed by atoms with E-state index in [4.69, 9.17) is 0 Å². The van der Waals surface area contributed by atoms with E-state index in [1.165, 1.54) is 17.0 Å². The Balaban J connectivity index is 2.01. The van der Waals surface area contributed by atoms with Gasteiger partial charge in [0.05, 0.1) is 10.6 Å². The van der Waals surface area contributed by atoms with Crippen molar-refractivity contribution in [2.45, 2.75) is 64.9 Å². The van der Waals surface area contributed by atoms with Crippen molar-refractivity contribution in [1.29, 1.82) is 0 Å². The quantitative estimate of drug-likeness (QED) is 0.317. The molecule has 0 radical (unpaired) electrons. The molecule has 0 bridgehead atoms. The first-order valence-electron chi connectivity index (χ1n) is 13.3. The van der Waals surface area contributed by atoms with Crippen LogP contribution in [0.3, 0.4) is 0 Å². The summed E-state index contributed by atoms with van der Waals surface area (Å²) in [5.41, 5.74) is 4.10. The molecule has 0 aliphatic carbocycles. The number of carbonyl (C=O) groups excluding carboxylic acids is 2. The number of sulfonamides is 1. The summed E-state index contributed by atoms with van der Waals surface area (Å²) in [7, 11) is -4.07. The van der Waals surface area contributed by atoms with Crippen molar-refractivity contribution in [3.05, 3.63) is 95.1 Å². The van der Waals surface area contributed by atoms with Crippen molar-refractivity contribution in [3.8, 4) is 0 Å². The molecule has 0 fully saturated rings. The highest BCUT2D eigenvalue weighted by atomic mass is 32.2. The molecule has 0 aliphatic rings. The summed E-state index contributed by atoms with van der Waals surface area (Å²) in [6.07, 6.45) is 1.77. The number of nitrogens with one attached hydrogen (secondary N) is 1. The Morgan fingerprint density at radius 1 is 0.872 bits per heavy atom. The van der Waals surface area contributed by atoms with Gasteiger partial charge in [0.15, 0.2) is 0 Å². The molecule has 3 aromatic rings. The van der Waals surface area contributed by atoms with E-state index in [0.29, 0.717) is 12.2 Å². The van der Waals surface area contributed by atoms with Gasteiger partial charge in [-0.2, -0.15) is 0 Å². The predicted octanol–water partition coefficient (Wildman–Crippen LogP) is 5.14. The fraction of sp³-hybridized carbons (Fsp3) is 0.355. The van der Waals surface area contributed by atoms with Gasteiger partial charge in [0.2, 0.25) is 11.8 Å². The van der Waals surface area contributed by atoms with Gasteiger partial charge in [-0.25, -0.2) is 8.42 Å². The summed E-state index contributed by atoms with van der Waals surface area (Å²) >= 11 is 0. The predicted molar refractivity (Wildman–Crippen MR) is 156 cm³/mol. The first-order valence-corrected chi connectivity index (χ1v) is 14.8. The van der Waals surface area contributed by atoms with Crippen molar-refractivity contribution in [2.75, 3.05) is 17.4 Å². The van der Waals surface area contributed by atoms with Crippen LogP contribution in [-0.4, -0.2) is 44.3 Å². The van der Waals surface area contributed by atoms with Gasteiger partial charge in [0, 0.05) is 13.1 Å². The van der Waals surface area contributed by atoms with Crippen molar-refractivity contribution in [2.24, 2.45) is 0 Å². The summed E-state index contributed by atoms with van der Waals surface area (Å²) in [6.45, 7) is 9.72. The molecule has 3 rings (SSSR count). The summed E-state index contributed by atoms with van der Waals surface area (Å²) in [4.78, 5) is 28.5. The van der Waals surface area contributed by atoms with E-state index in [0.717, 1.165) is 39.4 Å². The van der Waals surface area contributed by atoms with Crippen LogP contribution in [0.2, 0.25) is 0 Å². The average Bonchev–Trinajstić information content (AvgIpc) is 2.90. The number of hydrogen-bond acceptors (Lipinski definition) is 4. The van der Waals surface area contributed by atoms with E-state index in [2.05, 4.69) is 5.32 Å². The van der Waals surface area contributed by atoms with Crippen LogP contribution in [-0.2, 0) is 26.2 Å². The fourth-order valence-electron chi connectivity index (χ4n) is 4.35. The van der Waals surface area contributed by atoms with Gasteiger partial charge >= 0.3 is 0 Å². The lowest BCUT2D eigenvalue weighted by molar-refractivity contribution is -0.139. The van der Waals surface area contributed by atoms with E-state index in [1.54, 1.807) is 37.3 Å². The minimum absolute atomic E-state index is 0.0902. The lowest BCUT2D eigenvalue weighted by Gasteiger charge is -2.32. The molecule has 0 saturated heterocycles. The number of anilines is 1. The smallest absolute Gasteiger partial charge is 0.264 e. The van der Waals surface area contributed by atoms with Crippen LogP contribution in [0.25, 0.3) is 0 Å². The second kappa shape index (κ2) is 13.4. The lowest BCUT2D eigenvalue weighted by Crippen LogP contribution is -2.51. The lowest BCUT2D eigenvalue weighted by atomic mass is 10.1. The first-order chi connectivity index (χ1) is 18.5. The number of carbonyl (C=O) groups is 2. The van der Waals surface area contributed by atoms with Crippen molar-refractivity contribution < 1.29 is 18.0 Å². The van der Waals surface area contributed by atoms with Gasteiger partial charge in [-0.1, -0.05) is 67.4 Å². The molecule has 7 nitrogen and oxygen atoms in total. The maximum Gasteiger partial charge on any atom is 0.264 e. The molecule has 39 heavy (non-hydrogen) atoms. The molecule has 0 unspecified atom stereocenters. The Morgan fingerprint density at radius 2 is 1.49 bits per heavy atom. The Labute approximate surface area is 232 Å². The van der Waals surface area contributed by atoms with Crippen LogP contribution < -0.4 is 9.62 Å². The molecule has 2 amide bonds. The molecular weight excluding hydrogens is 510 g/mol. The number of nitrogens with zero attached hydrogens (tertiary/aromatic N) is 2. The number of aryl methyl sites for hydroxylation is 3. The highest BCUT2D eigenvalue weighted by molar-refractivity contribution is 7.92. The van der Waals surface area contributed by atoms with E-state index in [-0.39, 0.29) is 17.3 Å². The van der Waals surface area contributed by atoms with Crippen LogP contribution in [0.5, 0.6) is 0 Å². The van der Waals surface area contributed by atoms with Crippen LogP contribution in [0.1, 0.15) is 48.9 Å². The minimum Gasteiger partial charge on any atom is -0.354 e. The van der Waals surface area contributed by atoms with E-state index in [1.807, 2.05) is 58.0 Å². The Kier molecular flexibility index (Phi) is 10.3. The zero-order valence-corrected chi connectivity index (χ0v) is 24.3. The van der Waals surface area contributed by atoms with Gasteiger partial charge in [-0.15, -0.1) is 0 Å². The second-order valence-corrected chi connectivity index (χ2v) is 11.9. The zero-order valence-electron chi connectivity index (χ0n) is 23.5. The van der Waals surface area contributed by atoms with Gasteiger partial charge < -0.3 is 10.2 Å². The number of unbranched alkanes of at least 4 members (excludes halogenated alkanes) is 1. The molecule has 0 aromatic heterocycles. The third-order valence-corrected chi connectivity index (χ3v) is 8.36. The van der Waals surface area contributed by atoms with Crippen LogP contribution in [0.4, 0.5) is 5.69 Å². The van der Waals surface area contributed by atoms with Gasteiger partial charge in [-0.05, 0) is 75.1 Å². The van der Waals surface area contributed by atoms with Gasteiger partial charge in [-0.3, -0.25) is 13.9 Å². The van der Waals surface area contributed by atoms with Crippen LogP contribution >= 0.6 is 0 Å². The molecule has 1 atom stereocenters. The standard InChI is InChI=1S/C31H39N3O4S/c1-6-7-17-32-31(36)26(5)33(21-27-15-13-23(2)14-16-27)30(35)22-34(28-19-24(3)18-25(4)20-28)39(37,38)29-11-9-8-10-12-29/h8-16,18-20,26H,6-7,17,21-22H2,1-5H3,(H,32,36)/t26-/m1/s1. The van der Waals surface area contributed by atoms with Crippen molar-refractivity contribution >= 4 is 27.5 Å². The molecule has 8 heteroatoms. The molecule has 3 aromatic carbocycles. The highest BCUT2D eigenvalue weighted by Gasteiger charge is 2.32. The maximum atomic E-state index is 14.0. The van der Waals surface area contributed by atoms with Gasteiger partial charge in [0.1, 0.15) is 12.6 Å². The summed E-state index contributed by atoms with van der Waals surface area (Å²) in [5.74, 6) is -0.736. The third-order valence-electron chi connectivity index (χ3n) is 6.57. The number of hydrogen-bond donors (Lipinski definition) is 1. The molecular formula is C31H39N3O4S. The SMILES string of the molecule is CCCCNC(=O)[C@@H](C)N(Cc1ccc(C)cc1)C(=O)CN(c1cc(C)cc(C)c1)S(=O)(=O)c1ccccc1. The average molecular weight is 550 g/mol. The Bertz CT molecular complexity index is 1350. The number of benzene rings is 3. The van der Waals surface area contributed by atoms with Gasteiger partial charge in [0.25, 0.3) is 10.0 Å². The number of amides is 2. The largest absolute Gasteiger partial charge is 0.354 e. The first kappa shape index (κ1) is 29.9. The normalized spacial score (nSPS) is 12.0. The van der Waals surface area contributed by atoms with Crippen molar-refractivity contribution in [3.63, 3.8) is 0 Å². The molecule has 0 spiro atoms. The second-order valence-electron chi connectivity index (χ2n) is 10.00. The minimum atomic E-state index is -4.07. The van der Waals surface area contributed by atoms with Crippen LogP contribution in [0, 0.1) is 20.8 Å². The maximum absolute atomic E-state index is 14.0. The van der Waals surface area contributed by atoms with E-state index >= 15 is 0 Å². The zero-order chi connectivity index (χ0) is 28.6. The molecule has 208 valence electrons. The van der Waals surface area contributed by atoms with E-state index < -0.39 is 28.5 Å². The summed E-state index contributed by atoms with van der Waals surface area (Å²) in [6, 6.07) is 20.5. The number of rotatable bonds is 12. The monoisotopic (exact) mass is 549 g/mol. The molecule has 1 N–H and O–H groups in total. The van der Waals surface area contributed by atoms with E-state index in [9.17, 15) is 18.0 Å². The third kappa shape index (κ3) is 7.93. The molecule has 0 saturated carbocycles. The van der Waals surface area contributed by atoms with Crippen LogP contribution in [0.15, 0.2) is 77.7 Å². The Hall–Kier alpha value is -3.65. The topological polar surface area (TPSA) is 86.8 Å². The molecule has 0 heterocycles. The van der Waals surface area contributed by atoms with Crippen molar-refractivity contribution in [1.82, 2.24) is 10.2 Å². The molecule has 0 aliphatic heterocycles. The highest BCUT2D eigenvalue weighted by Crippen LogP contribution is 2.26. The Morgan fingerprint density at radius 3 is 2.08 bits per heavy atom.